The first-order chi connectivity index (χ1) is 8.56. The molecule has 0 radical (unpaired) electrons. The lowest BCUT2D eigenvalue weighted by atomic mass is 10.3. The fourth-order valence-electron chi connectivity index (χ4n) is 2.21. The molecule has 18 heavy (non-hydrogen) atoms. The van der Waals surface area contributed by atoms with E-state index in [1.54, 1.807) is 7.05 Å². The normalized spacial score (nSPS) is 24.8. The zero-order valence-corrected chi connectivity index (χ0v) is 10.3. The van der Waals surface area contributed by atoms with E-state index in [9.17, 15) is 14.4 Å². The Morgan fingerprint density at radius 1 is 1.44 bits per heavy atom. The molecule has 0 bridgehead atoms. The zero-order chi connectivity index (χ0) is 13.3. The largest absolute Gasteiger partial charge is 0.345 e. The monoisotopic (exact) mass is 249 g/mol. The van der Waals surface area contributed by atoms with E-state index in [0.717, 1.165) is 0 Å². The number of imide groups is 1. The summed E-state index contributed by atoms with van der Waals surface area (Å²) in [5, 5.41) is 8.42. The van der Waals surface area contributed by atoms with Crippen LogP contribution in [0.15, 0.2) is 0 Å². The van der Waals surface area contributed by atoms with Gasteiger partial charge in [0, 0.05) is 26.6 Å². The summed E-state index contributed by atoms with van der Waals surface area (Å²) in [6.07, 6.45) is 1.11. The molecular weight excluding hydrogens is 234 g/mol. The minimum absolute atomic E-state index is 0.107. The third-order valence-electron chi connectivity index (χ3n) is 3.49. The second-order valence-corrected chi connectivity index (χ2v) is 4.75. The zero-order valence-electron chi connectivity index (χ0n) is 10.3. The minimum atomic E-state index is -0.147. The molecule has 1 aliphatic carbocycles. The molecule has 1 aliphatic heterocycles. The van der Waals surface area contributed by atoms with Gasteiger partial charge in [-0.05, 0) is 6.42 Å². The molecule has 2 rings (SSSR count). The molecule has 2 aliphatic rings. The summed E-state index contributed by atoms with van der Waals surface area (Å²) in [7, 11) is 1.62. The summed E-state index contributed by atoms with van der Waals surface area (Å²) in [6, 6.07) is 1.96. The van der Waals surface area contributed by atoms with Gasteiger partial charge in [-0.15, -0.1) is 0 Å². The number of hydrogen-bond donors (Lipinski definition) is 0. The first kappa shape index (κ1) is 12.6. The molecule has 96 valence electrons. The Kier molecular flexibility index (Phi) is 3.32. The molecule has 1 heterocycles. The molecule has 0 N–H and O–H groups in total. The van der Waals surface area contributed by atoms with Crippen molar-refractivity contribution in [1.82, 2.24) is 9.80 Å². The molecule has 6 heteroatoms. The Morgan fingerprint density at radius 3 is 2.61 bits per heavy atom. The maximum atomic E-state index is 11.7. The highest BCUT2D eigenvalue weighted by Crippen LogP contribution is 2.46. The van der Waals surface area contributed by atoms with Gasteiger partial charge in [0.1, 0.15) is 0 Å². The van der Waals surface area contributed by atoms with Crippen LogP contribution in [0.3, 0.4) is 0 Å². The lowest BCUT2D eigenvalue weighted by molar-refractivity contribution is -0.142. The van der Waals surface area contributed by atoms with Crippen LogP contribution < -0.4 is 0 Å². The summed E-state index contributed by atoms with van der Waals surface area (Å²) in [5.41, 5.74) is 0. The van der Waals surface area contributed by atoms with E-state index in [-0.39, 0.29) is 48.9 Å². The number of hydrogen-bond acceptors (Lipinski definition) is 4. The molecule has 6 nitrogen and oxygen atoms in total. The van der Waals surface area contributed by atoms with Gasteiger partial charge in [-0.1, -0.05) is 0 Å². The number of carbonyl (C=O) groups excluding carboxylic acids is 3. The topological polar surface area (TPSA) is 81.5 Å². The maximum Gasteiger partial charge on any atom is 0.233 e. The summed E-state index contributed by atoms with van der Waals surface area (Å²) in [6.45, 7) is 0.545. The lowest BCUT2D eigenvalue weighted by Crippen LogP contribution is -2.37. The predicted octanol–water partition coefficient (Wildman–Crippen LogP) is -0.247. The van der Waals surface area contributed by atoms with E-state index >= 15 is 0 Å². The van der Waals surface area contributed by atoms with Crippen LogP contribution in [-0.4, -0.2) is 47.7 Å². The second kappa shape index (κ2) is 4.77. The summed E-state index contributed by atoms with van der Waals surface area (Å²) >= 11 is 0. The number of likely N-dealkylation sites (tertiary alicyclic amines) is 1. The molecule has 2 unspecified atom stereocenters. The van der Waals surface area contributed by atoms with Crippen molar-refractivity contribution in [2.24, 2.45) is 11.8 Å². The van der Waals surface area contributed by atoms with Crippen LogP contribution in [-0.2, 0) is 14.4 Å². The lowest BCUT2D eigenvalue weighted by Gasteiger charge is -2.19. The number of carbonyl (C=O) groups is 3. The first-order valence-electron chi connectivity index (χ1n) is 6.02. The minimum Gasteiger partial charge on any atom is -0.345 e. The molecule has 1 saturated heterocycles. The van der Waals surface area contributed by atoms with Crippen molar-refractivity contribution in [1.29, 1.82) is 5.26 Å². The van der Waals surface area contributed by atoms with Crippen LogP contribution >= 0.6 is 0 Å². The highest BCUT2D eigenvalue weighted by Gasteiger charge is 2.58. The van der Waals surface area contributed by atoms with Crippen molar-refractivity contribution in [3.63, 3.8) is 0 Å². The third-order valence-corrected chi connectivity index (χ3v) is 3.49. The van der Waals surface area contributed by atoms with Gasteiger partial charge in [-0.3, -0.25) is 19.3 Å². The molecule has 0 spiro atoms. The standard InChI is InChI=1S/C12H15N3O3/c1-14(5-2-4-13)10(16)3-6-15-11(17)8-7-9(8)12(15)18/h8-9H,2-3,5-7H2,1H3. The van der Waals surface area contributed by atoms with Gasteiger partial charge in [0.15, 0.2) is 0 Å². The fraction of sp³-hybridized carbons (Fsp3) is 0.667. The van der Waals surface area contributed by atoms with E-state index in [1.165, 1.54) is 9.80 Å². The van der Waals surface area contributed by atoms with Crippen molar-refractivity contribution in [2.45, 2.75) is 19.3 Å². The number of fused-ring (bicyclic) bond motifs is 1. The van der Waals surface area contributed by atoms with Crippen molar-refractivity contribution in [3.8, 4) is 6.07 Å². The van der Waals surface area contributed by atoms with Crippen LogP contribution in [0, 0.1) is 23.2 Å². The summed E-state index contributed by atoms with van der Waals surface area (Å²) in [4.78, 5) is 37.6. The van der Waals surface area contributed by atoms with Crippen molar-refractivity contribution in [3.05, 3.63) is 0 Å². The van der Waals surface area contributed by atoms with Gasteiger partial charge in [0.2, 0.25) is 17.7 Å². The molecule has 3 amide bonds. The van der Waals surface area contributed by atoms with Crippen molar-refractivity contribution in [2.75, 3.05) is 20.1 Å². The van der Waals surface area contributed by atoms with E-state index in [0.29, 0.717) is 13.0 Å². The number of piperidine rings is 1. The van der Waals surface area contributed by atoms with Gasteiger partial charge >= 0.3 is 0 Å². The quantitative estimate of drug-likeness (QED) is 0.629. The molecule has 0 aromatic carbocycles. The average Bonchev–Trinajstić information content (AvgIpc) is 3.10. The Balaban J connectivity index is 1.78. The van der Waals surface area contributed by atoms with Crippen LogP contribution in [0.2, 0.25) is 0 Å². The molecule has 1 saturated carbocycles. The average molecular weight is 249 g/mol. The highest BCUT2D eigenvalue weighted by atomic mass is 16.2. The van der Waals surface area contributed by atoms with E-state index in [2.05, 4.69) is 0 Å². The Hall–Kier alpha value is -1.90. The van der Waals surface area contributed by atoms with Crippen molar-refractivity contribution >= 4 is 17.7 Å². The Labute approximate surface area is 105 Å². The van der Waals surface area contributed by atoms with Gasteiger partial charge in [0.05, 0.1) is 24.3 Å². The van der Waals surface area contributed by atoms with Crippen LogP contribution in [0.5, 0.6) is 0 Å². The predicted molar refractivity (Wildman–Crippen MR) is 60.8 cm³/mol. The number of rotatable bonds is 5. The molecule has 0 aromatic heterocycles. The van der Waals surface area contributed by atoms with Gasteiger partial charge in [-0.2, -0.15) is 5.26 Å². The fourth-order valence-corrected chi connectivity index (χ4v) is 2.21. The Bertz CT molecular complexity index is 420. The maximum absolute atomic E-state index is 11.7. The number of nitriles is 1. The number of nitrogens with zero attached hydrogens (tertiary/aromatic N) is 3. The van der Waals surface area contributed by atoms with E-state index in [4.69, 9.17) is 5.26 Å². The van der Waals surface area contributed by atoms with Crippen molar-refractivity contribution < 1.29 is 14.4 Å². The Morgan fingerprint density at radius 2 is 2.06 bits per heavy atom. The second-order valence-electron chi connectivity index (χ2n) is 4.75. The molecule has 2 fully saturated rings. The number of amides is 3. The van der Waals surface area contributed by atoms with Crippen LogP contribution in [0.25, 0.3) is 0 Å². The van der Waals surface area contributed by atoms with E-state index < -0.39 is 0 Å². The SMILES string of the molecule is CN(CCC#N)C(=O)CCN1C(=O)C2CC2C1=O. The van der Waals surface area contributed by atoms with Gasteiger partial charge < -0.3 is 4.90 Å². The summed E-state index contributed by atoms with van der Waals surface area (Å²) in [5.74, 6) is -0.616. The third kappa shape index (κ3) is 2.21. The molecule has 0 aromatic rings. The van der Waals surface area contributed by atoms with Gasteiger partial charge in [0.25, 0.3) is 0 Å². The van der Waals surface area contributed by atoms with E-state index in [1.807, 2.05) is 6.07 Å². The highest BCUT2D eigenvalue weighted by molar-refractivity contribution is 6.09. The smallest absolute Gasteiger partial charge is 0.233 e. The molecule has 2 atom stereocenters. The van der Waals surface area contributed by atoms with Crippen LogP contribution in [0.4, 0.5) is 0 Å². The molecular formula is C12H15N3O3. The van der Waals surface area contributed by atoms with Crippen LogP contribution in [0.1, 0.15) is 19.3 Å². The first-order valence-corrected chi connectivity index (χ1v) is 6.02. The van der Waals surface area contributed by atoms with Gasteiger partial charge in [-0.25, -0.2) is 0 Å². The summed E-state index contributed by atoms with van der Waals surface area (Å²) < 4.78 is 0.